The Morgan fingerprint density at radius 3 is 2.58 bits per heavy atom. The van der Waals surface area contributed by atoms with E-state index in [1.54, 1.807) is 19.1 Å². The number of aryl methyl sites for hydroxylation is 1. The summed E-state index contributed by atoms with van der Waals surface area (Å²) in [5, 5.41) is 6.51. The molecular formula is C17H23N5O2. The van der Waals surface area contributed by atoms with Gasteiger partial charge in [0.2, 0.25) is 5.95 Å². The van der Waals surface area contributed by atoms with Crippen molar-refractivity contribution in [3.05, 3.63) is 29.3 Å². The smallest absolute Gasteiger partial charge is 0.275 e. The molecule has 3 rings (SSSR count). The summed E-state index contributed by atoms with van der Waals surface area (Å²) in [6.07, 6.45) is 3.50. The highest BCUT2D eigenvalue weighted by molar-refractivity contribution is 6.02. The minimum absolute atomic E-state index is 0.220. The van der Waals surface area contributed by atoms with Crippen LogP contribution in [-0.4, -0.2) is 34.1 Å². The van der Waals surface area contributed by atoms with Gasteiger partial charge in [0.05, 0.1) is 0 Å². The van der Waals surface area contributed by atoms with Gasteiger partial charge in [-0.1, -0.05) is 19.0 Å². The molecule has 2 aromatic rings. The van der Waals surface area contributed by atoms with Gasteiger partial charge in [-0.3, -0.25) is 4.79 Å². The Kier molecular flexibility index (Phi) is 4.78. The summed E-state index contributed by atoms with van der Waals surface area (Å²) >= 11 is 0. The van der Waals surface area contributed by atoms with Crippen LogP contribution in [0.5, 0.6) is 0 Å². The van der Waals surface area contributed by atoms with Crippen LogP contribution in [0.1, 0.15) is 61.0 Å². The van der Waals surface area contributed by atoms with Gasteiger partial charge in [0.15, 0.2) is 5.82 Å². The van der Waals surface area contributed by atoms with Gasteiger partial charge >= 0.3 is 0 Å². The lowest BCUT2D eigenvalue weighted by Crippen LogP contribution is -2.32. The molecule has 1 aliphatic heterocycles. The lowest BCUT2D eigenvalue weighted by atomic mass is 10.1. The van der Waals surface area contributed by atoms with Crippen molar-refractivity contribution in [1.82, 2.24) is 15.1 Å². The first kappa shape index (κ1) is 16.4. The van der Waals surface area contributed by atoms with E-state index in [2.05, 4.69) is 39.2 Å². The quantitative estimate of drug-likeness (QED) is 0.927. The standard InChI is InChI=1S/C17H23N5O2/c1-11(2)13-10-14(16(23)20-15-9-12(3)24-21-15)19-17(18-13)22-7-5-4-6-8-22/h9-11H,4-8H2,1-3H3,(H,20,21,23). The van der Waals surface area contributed by atoms with E-state index in [0.29, 0.717) is 23.2 Å². The molecule has 7 nitrogen and oxygen atoms in total. The van der Waals surface area contributed by atoms with Crippen LogP contribution in [0.3, 0.4) is 0 Å². The first-order valence-electron chi connectivity index (χ1n) is 8.41. The molecule has 0 aliphatic carbocycles. The summed E-state index contributed by atoms with van der Waals surface area (Å²) in [6, 6.07) is 3.42. The van der Waals surface area contributed by atoms with Crippen LogP contribution in [0.4, 0.5) is 11.8 Å². The minimum Gasteiger partial charge on any atom is -0.360 e. The van der Waals surface area contributed by atoms with E-state index in [4.69, 9.17) is 4.52 Å². The zero-order valence-corrected chi connectivity index (χ0v) is 14.4. The molecule has 24 heavy (non-hydrogen) atoms. The Bertz CT molecular complexity index is 720. The van der Waals surface area contributed by atoms with Crippen LogP contribution in [0.25, 0.3) is 0 Å². The Hall–Kier alpha value is -2.44. The highest BCUT2D eigenvalue weighted by Crippen LogP contribution is 2.21. The van der Waals surface area contributed by atoms with Gasteiger partial charge in [-0.15, -0.1) is 0 Å². The summed E-state index contributed by atoms with van der Waals surface area (Å²) in [4.78, 5) is 23.8. The normalized spacial score (nSPS) is 14.9. The summed E-state index contributed by atoms with van der Waals surface area (Å²) < 4.78 is 4.98. The minimum atomic E-state index is -0.300. The molecule has 0 atom stereocenters. The predicted octanol–water partition coefficient (Wildman–Crippen LogP) is 3.14. The van der Waals surface area contributed by atoms with Gasteiger partial charge < -0.3 is 14.7 Å². The maximum Gasteiger partial charge on any atom is 0.275 e. The number of nitrogens with zero attached hydrogens (tertiary/aromatic N) is 4. The number of piperidine rings is 1. The molecule has 0 aromatic carbocycles. The molecule has 7 heteroatoms. The van der Waals surface area contributed by atoms with E-state index in [9.17, 15) is 4.79 Å². The van der Waals surface area contributed by atoms with Crippen molar-refractivity contribution in [2.75, 3.05) is 23.3 Å². The van der Waals surface area contributed by atoms with Crippen molar-refractivity contribution in [3.63, 3.8) is 0 Å². The molecule has 1 fully saturated rings. The maximum atomic E-state index is 12.5. The average molecular weight is 329 g/mol. The summed E-state index contributed by atoms with van der Waals surface area (Å²) in [5.41, 5.74) is 1.22. The molecule has 0 unspecified atom stereocenters. The number of nitrogens with one attached hydrogen (secondary N) is 1. The fourth-order valence-electron chi connectivity index (χ4n) is 2.71. The second-order valence-corrected chi connectivity index (χ2v) is 6.46. The summed E-state index contributed by atoms with van der Waals surface area (Å²) in [6.45, 7) is 7.77. The van der Waals surface area contributed by atoms with Crippen LogP contribution < -0.4 is 10.2 Å². The highest BCUT2D eigenvalue weighted by atomic mass is 16.5. The number of hydrogen-bond donors (Lipinski definition) is 1. The van der Waals surface area contributed by atoms with E-state index in [1.807, 2.05) is 0 Å². The van der Waals surface area contributed by atoms with Gasteiger partial charge in [0.1, 0.15) is 11.5 Å². The van der Waals surface area contributed by atoms with Gasteiger partial charge in [-0.05, 0) is 38.2 Å². The Morgan fingerprint density at radius 2 is 1.96 bits per heavy atom. The number of hydrogen-bond acceptors (Lipinski definition) is 6. The van der Waals surface area contributed by atoms with Gasteiger partial charge in [0.25, 0.3) is 5.91 Å². The van der Waals surface area contributed by atoms with Crippen molar-refractivity contribution in [2.24, 2.45) is 0 Å². The van der Waals surface area contributed by atoms with E-state index in [-0.39, 0.29) is 11.8 Å². The molecule has 128 valence electrons. The van der Waals surface area contributed by atoms with Crippen LogP contribution in [0.15, 0.2) is 16.7 Å². The molecule has 1 aliphatic rings. The van der Waals surface area contributed by atoms with E-state index in [0.717, 1.165) is 31.6 Å². The molecule has 1 amide bonds. The number of amides is 1. The highest BCUT2D eigenvalue weighted by Gasteiger charge is 2.19. The van der Waals surface area contributed by atoms with Crippen molar-refractivity contribution < 1.29 is 9.32 Å². The third-order valence-corrected chi connectivity index (χ3v) is 4.07. The lowest BCUT2D eigenvalue weighted by molar-refractivity contribution is 0.102. The molecular weight excluding hydrogens is 306 g/mol. The Morgan fingerprint density at radius 1 is 1.21 bits per heavy atom. The number of carbonyl (C=O) groups excluding carboxylic acids is 1. The zero-order valence-electron chi connectivity index (χ0n) is 14.4. The van der Waals surface area contributed by atoms with Crippen LogP contribution in [0, 0.1) is 6.92 Å². The predicted molar refractivity (Wildman–Crippen MR) is 91.4 cm³/mol. The zero-order chi connectivity index (χ0) is 17.1. The summed E-state index contributed by atoms with van der Waals surface area (Å²) in [7, 11) is 0. The second-order valence-electron chi connectivity index (χ2n) is 6.46. The first-order valence-corrected chi connectivity index (χ1v) is 8.41. The first-order chi connectivity index (χ1) is 11.5. The fraction of sp³-hybridized carbons (Fsp3) is 0.529. The van der Waals surface area contributed by atoms with Crippen molar-refractivity contribution in [2.45, 2.75) is 46.0 Å². The molecule has 0 saturated carbocycles. The SMILES string of the molecule is Cc1cc(NC(=O)c2cc(C(C)C)nc(N3CCCCC3)n2)no1. The largest absolute Gasteiger partial charge is 0.360 e. The average Bonchev–Trinajstić information content (AvgIpc) is 3.00. The third-order valence-electron chi connectivity index (χ3n) is 4.07. The lowest BCUT2D eigenvalue weighted by Gasteiger charge is -2.27. The summed E-state index contributed by atoms with van der Waals surface area (Å²) in [5.74, 6) is 1.59. The van der Waals surface area contributed by atoms with E-state index < -0.39 is 0 Å². The van der Waals surface area contributed by atoms with E-state index in [1.165, 1.54) is 6.42 Å². The number of anilines is 2. The second kappa shape index (κ2) is 6.98. The van der Waals surface area contributed by atoms with Crippen LogP contribution in [-0.2, 0) is 0 Å². The number of carbonyl (C=O) groups is 1. The Balaban J connectivity index is 1.87. The number of rotatable bonds is 4. The van der Waals surface area contributed by atoms with Crippen molar-refractivity contribution in [3.8, 4) is 0 Å². The van der Waals surface area contributed by atoms with Crippen molar-refractivity contribution >= 4 is 17.7 Å². The van der Waals surface area contributed by atoms with Crippen LogP contribution in [0.2, 0.25) is 0 Å². The molecule has 0 spiro atoms. The fourth-order valence-corrected chi connectivity index (χ4v) is 2.71. The van der Waals surface area contributed by atoms with Gasteiger partial charge in [-0.25, -0.2) is 9.97 Å². The monoisotopic (exact) mass is 329 g/mol. The maximum absolute atomic E-state index is 12.5. The molecule has 3 heterocycles. The Labute approximate surface area is 141 Å². The molecule has 0 bridgehead atoms. The molecule has 0 radical (unpaired) electrons. The number of aromatic nitrogens is 3. The topological polar surface area (TPSA) is 84.2 Å². The molecule has 1 N–H and O–H groups in total. The molecule has 1 saturated heterocycles. The van der Waals surface area contributed by atoms with E-state index >= 15 is 0 Å². The van der Waals surface area contributed by atoms with Gasteiger partial charge in [-0.2, -0.15) is 0 Å². The van der Waals surface area contributed by atoms with Crippen LogP contribution >= 0.6 is 0 Å². The third kappa shape index (κ3) is 3.72. The van der Waals surface area contributed by atoms with Crippen molar-refractivity contribution in [1.29, 1.82) is 0 Å². The molecule has 2 aromatic heterocycles. The van der Waals surface area contributed by atoms with Gasteiger partial charge in [0, 0.05) is 24.8 Å².